The third kappa shape index (κ3) is 3.78. The van der Waals surface area contributed by atoms with Crippen LogP contribution >= 0.6 is 0 Å². The molecule has 0 saturated carbocycles. The molecule has 152 valence electrons. The number of ether oxygens (including phenoxy) is 3. The van der Waals surface area contributed by atoms with E-state index in [1.807, 2.05) is 0 Å². The minimum atomic E-state index is -1.24. The van der Waals surface area contributed by atoms with Crippen molar-refractivity contribution in [1.82, 2.24) is 15.4 Å². The SMILES string of the molecule is COc1cc(-c2nn[nH]c2-c2cccc(N(OC)C(=O)O)c2)cc(OC)c1OC. The number of H-pyrrole nitrogens is 1. The summed E-state index contributed by atoms with van der Waals surface area (Å²) in [5.41, 5.74) is 2.79. The lowest BCUT2D eigenvalue weighted by atomic mass is 10.0. The number of hydrogen-bond donors (Lipinski definition) is 2. The van der Waals surface area contributed by atoms with Crippen LogP contribution in [-0.2, 0) is 4.84 Å². The molecule has 1 heterocycles. The molecule has 0 aliphatic carbocycles. The average molecular weight is 400 g/mol. The van der Waals surface area contributed by atoms with E-state index in [2.05, 4.69) is 15.4 Å². The Balaban J connectivity index is 2.11. The molecule has 3 aromatic rings. The molecule has 0 radical (unpaired) electrons. The molecule has 0 saturated heterocycles. The number of methoxy groups -OCH3 is 3. The van der Waals surface area contributed by atoms with Gasteiger partial charge < -0.3 is 19.3 Å². The van der Waals surface area contributed by atoms with Crippen molar-refractivity contribution >= 4 is 11.8 Å². The number of carboxylic acid groups (broad SMARTS) is 1. The van der Waals surface area contributed by atoms with Crippen molar-refractivity contribution in [2.24, 2.45) is 0 Å². The van der Waals surface area contributed by atoms with E-state index < -0.39 is 6.09 Å². The van der Waals surface area contributed by atoms with Crippen LogP contribution in [0.2, 0.25) is 0 Å². The Morgan fingerprint density at radius 3 is 2.24 bits per heavy atom. The molecule has 0 unspecified atom stereocenters. The molecule has 2 N–H and O–H groups in total. The monoisotopic (exact) mass is 400 g/mol. The van der Waals surface area contributed by atoms with Crippen LogP contribution in [0.1, 0.15) is 0 Å². The zero-order chi connectivity index (χ0) is 21.0. The lowest BCUT2D eigenvalue weighted by molar-refractivity contribution is 0.130. The quantitative estimate of drug-likeness (QED) is 0.580. The summed E-state index contributed by atoms with van der Waals surface area (Å²) in [6.07, 6.45) is -1.24. The van der Waals surface area contributed by atoms with E-state index in [-0.39, 0.29) is 0 Å². The molecule has 10 nitrogen and oxygen atoms in total. The number of nitrogens with one attached hydrogen (secondary N) is 1. The van der Waals surface area contributed by atoms with Crippen LogP contribution in [0.3, 0.4) is 0 Å². The Morgan fingerprint density at radius 2 is 1.69 bits per heavy atom. The summed E-state index contributed by atoms with van der Waals surface area (Å²) in [4.78, 5) is 16.3. The molecule has 0 bridgehead atoms. The fourth-order valence-electron chi connectivity index (χ4n) is 2.93. The number of carbonyl (C=O) groups is 1. The normalized spacial score (nSPS) is 10.5. The van der Waals surface area contributed by atoms with Crippen LogP contribution < -0.4 is 19.3 Å². The van der Waals surface area contributed by atoms with Crippen molar-refractivity contribution < 1.29 is 28.9 Å². The first-order valence-electron chi connectivity index (χ1n) is 8.43. The molecular weight excluding hydrogens is 380 g/mol. The summed E-state index contributed by atoms with van der Waals surface area (Å²) in [7, 11) is 5.86. The zero-order valence-electron chi connectivity index (χ0n) is 16.3. The highest BCUT2D eigenvalue weighted by molar-refractivity contribution is 5.86. The highest BCUT2D eigenvalue weighted by atomic mass is 16.7. The van der Waals surface area contributed by atoms with Crippen molar-refractivity contribution in [3.05, 3.63) is 36.4 Å². The number of benzene rings is 2. The van der Waals surface area contributed by atoms with Crippen LogP contribution in [0, 0.1) is 0 Å². The fourth-order valence-corrected chi connectivity index (χ4v) is 2.93. The lowest BCUT2D eigenvalue weighted by Crippen LogP contribution is -2.27. The number of aromatic amines is 1. The van der Waals surface area contributed by atoms with Crippen LogP contribution in [0.25, 0.3) is 22.5 Å². The van der Waals surface area contributed by atoms with Crippen molar-refractivity contribution in [3.63, 3.8) is 0 Å². The zero-order valence-corrected chi connectivity index (χ0v) is 16.3. The van der Waals surface area contributed by atoms with E-state index in [1.165, 1.54) is 28.4 Å². The van der Waals surface area contributed by atoms with Gasteiger partial charge >= 0.3 is 6.09 Å². The van der Waals surface area contributed by atoms with Gasteiger partial charge in [0.2, 0.25) is 5.75 Å². The van der Waals surface area contributed by atoms with E-state index in [4.69, 9.17) is 19.0 Å². The topological polar surface area (TPSA) is 119 Å². The molecule has 10 heteroatoms. The van der Waals surface area contributed by atoms with Gasteiger partial charge in [0.25, 0.3) is 0 Å². The van der Waals surface area contributed by atoms with Crippen LogP contribution in [0.15, 0.2) is 36.4 Å². The summed E-state index contributed by atoms with van der Waals surface area (Å²) in [5, 5.41) is 21.0. The number of hydroxylamine groups is 1. The van der Waals surface area contributed by atoms with Crippen molar-refractivity contribution in [2.45, 2.75) is 0 Å². The Bertz CT molecular complexity index is 994. The second-order valence-electron chi connectivity index (χ2n) is 5.76. The summed E-state index contributed by atoms with van der Waals surface area (Å²) in [5.74, 6) is 1.41. The number of amides is 1. The van der Waals surface area contributed by atoms with E-state index in [0.29, 0.717) is 45.5 Å². The molecular formula is C19H20N4O6. The maximum atomic E-state index is 11.3. The largest absolute Gasteiger partial charge is 0.493 e. The molecule has 1 aromatic heterocycles. The molecule has 0 atom stereocenters. The standard InChI is InChI=1S/C19H20N4O6/c1-26-14-9-12(10-15(27-2)18(14)28-3)17-16(20-22-21-17)11-6-5-7-13(8-11)23(29-4)19(24)25/h5-10H,1-4H3,(H,24,25)(H,20,21,22). The number of aromatic nitrogens is 3. The van der Waals surface area contributed by atoms with Crippen LogP contribution in [0.5, 0.6) is 17.2 Å². The van der Waals surface area contributed by atoms with Crippen molar-refractivity contribution in [3.8, 4) is 39.8 Å². The molecule has 1 amide bonds. The van der Waals surface area contributed by atoms with Gasteiger partial charge in [0.15, 0.2) is 11.5 Å². The lowest BCUT2D eigenvalue weighted by Gasteiger charge is -2.16. The summed E-state index contributed by atoms with van der Waals surface area (Å²) >= 11 is 0. The number of anilines is 1. The van der Waals surface area contributed by atoms with Crippen LogP contribution in [0.4, 0.5) is 10.5 Å². The molecule has 2 aromatic carbocycles. The first-order valence-corrected chi connectivity index (χ1v) is 8.43. The molecule has 0 aliphatic rings. The predicted molar refractivity (Wildman–Crippen MR) is 104 cm³/mol. The van der Waals surface area contributed by atoms with E-state index in [9.17, 15) is 9.90 Å². The first-order chi connectivity index (χ1) is 14.0. The van der Waals surface area contributed by atoms with Gasteiger partial charge in [-0.25, -0.2) is 4.79 Å². The fraction of sp³-hybridized carbons (Fsp3) is 0.211. The second-order valence-corrected chi connectivity index (χ2v) is 5.76. The second kappa shape index (κ2) is 8.48. The Labute approximate surface area is 166 Å². The first kappa shape index (κ1) is 20.0. The highest BCUT2D eigenvalue weighted by Gasteiger charge is 2.20. The minimum absolute atomic E-state index is 0.336. The van der Waals surface area contributed by atoms with Gasteiger partial charge in [0, 0.05) is 11.1 Å². The third-order valence-corrected chi connectivity index (χ3v) is 4.21. The van der Waals surface area contributed by atoms with E-state index in [0.717, 1.165) is 5.06 Å². The summed E-state index contributed by atoms with van der Waals surface area (Å²) in [6, 6.07) is 10.3. The number of hydrogen-bond acceptors (Lipinski definition) is 7. The Hall–Kier alpha value is -3.79. The van der Waals surface area contributed by atoms with Crippen molar-refractivity contribution in [1.29, 1.82) is 0 Å². The van der Waals surface area contributed by atoms with E-state index in [1.54, 1.807) is 36.4 Å². The molecule has 0 spiro atoms. The average Bonchev–Trinajstić information content (AvgIpc) is 3.23. The van der Waals surface area contributed by atoms with Crippen LogP contribution in [-0.4, -0.2) is 55.0 Å². The van der Waals surface area contributed by atoms with Gasteiger partial charge in [-0.2, -0.15) is 5.06 Å². The third-order valence-electron chi connectivity index (χ3n) is 4.21. The molecule has 29 heavy (non-hydrogen) atoms. The maximum absolute atomic E-state index is 11.3. The van der Waals surface area contributed by atoms with Gasteiger partial charge in [-0.15, -0.1) is 5.10 Å². The van der Waals surface area contributed by atoms with Gasteiger partial charge in [-0.05, 0) is 24.3 Å². The molecule has 0 aliphatic heterocycles. The maximum Gasteiger partial charge on any atom is 0.436 e. The van der Waals surface area contributed by atoms with Crippen molar-refractivity contribution in [2.75, 3.05) is 33.5 Å². The smallest absolute Gasteiger partial charge is 0.436 e. The Morgan fingerprint density at radius 1 is 1.00 bits per heavy atom. The number of nitrogens with zero attached hydrogens (tertiary/aromatic N) is 3. The van der Waals surface area contributed by atoms with Gasteiger partial charge in [0.05, 0.1) is 39.8 Å². The minimum Gasteiger partial charge on any atom is -0.493 e. The van der Waals surface area contributed by atoms with Gasteiger partial charge in [0.1, 0.15) is 5.69 Å². The van der Waals surface area contributed by atoms with E-state index >= 15 is 0 Å². The summed E-state index contributed by atoms with van der Waals surface area (Å²) < 4.78 is 16.2. The molecule has 0 fully saturated rings. The van der Waals surface area contributed by atoms with Gasteiger partial charge in [-0.1, -0.05) is 17.3 Å². The summed E-state index contributed by atoms with van der Waals surface area (Å²) in [6.45, 7) is 0. The Kier molecular flexibility index (Phi) is 5.84. The molecule has 3 rings (SSSR count). The highest BCUT2D eigenvalue weighted by Crippen LogP contribution is 2.42. The predicted octanol–water partition coefficient (Wildman–Crippen LogP) is 3.21. The van der Waals surface area contributed by atoms with Gasteiger partial charge in [-0.3, -0.25) is 9.94 Å². The number of rotatable bonds is 7.